The van der Waals surface area contributed by atoms with E-state index in [1.165, 1.54) is 0 Å². The highest BCUT2D eigenvalue weighted by Crippen LogP contribution is 2.36. The van der Waals surface area contributed by atoms with Gasteiger partial charge >= 0.3 is 0 Å². The highest BCUT2D eigenvalue weighted by Gasteiger charge is 2.08. The highest BCUT2D eigenvalue weighted by atomic mass is 35.5. The minimum atomic E-state index is 0.750. The van der Waals surface area contributed by atoms with E-state index in [2.05, 4.69) is 9.97 Å². The number of aromatic nitrogens is 2. The van der Waals surface area contributed by atoms with Gasteiger partial charge in [-0.15, -0.1) is 11.3 Å². The van der Waals surface area contributed by atoms with E-state index < -0.39 is 0 Å². The molecule has 2 heterocycles. The van der Waals surface area contributed by atoms with Crippen LogP contribution in [0.15, 0.2) is 52.0 Å². The van der Waals surface area contributed by atoms with Crippen LogP contribution < -0.4 is 0 Å². The Morgan fingerprint density at radius 3 is 2.88 bits per heavy atom. The molecule has 3 aromatic rings. The number of rotatable bonds is 2. The van der Waals surface area contributed by atoms with Gasteiger partial charge in [-0.25, -0.2) is 9.97 Å². The first-order chi connectivity index (χ1) is 8.34. The van der Waals surface area contributed by atoms with Crippen LogP contribution in [0.3, 0.4) is 0 Å². The van der Waals surface area contributed by atoms with Crippen LogP contribution in [0.25, 0.3) is 10.2 Å². The maximum absolute atomic E-state index is 6.14. The van der Waals surface area contributed by atoms with Gasteiger partial charge in [0.2, 0.25) is 0 Å². The number of nitrogens with zero attached hydrogens (tertiary/aromatic N) is 2. The van der Waals surface area contributed by atoms with Crippen LogP contribution in [-0.4, -0.2) is 9.97 Å². The molecule has 0 saturated heterocycles. The summed E-state index contributed by atoms with van der Waals surface area (Å²) in [5.74, 6) is 0. The zero-order chi connectivity index (χ0) is 11.7. The monoisotopic (exact) mass is 278 g/mol. The molecule has 0 aliphatic heterocycles. The summed E-state index contributed by atoms with van der Waals surface area (Å²) < 4.78 is 0. The topological polar surface area (TPSA) is 25.8 Å². The summed E-state index contributed by atoms with van der Waals surface area (Å²) >= 11 is 9.33. The predicted octanol–water partition coefficient (Wildman–Crippen LogP) is 4.50. The Morgan fingerprint density at radius 1 is 1.12 bits per heavy atom. The third-order valence-corrected chi connectivity index (χ3v) is 4.63. The smallest absolute Gasteiger partial charge is 0.127 e. The molecule has 5 heteroatoms. The summed E-state index contributed by atoms with van der Waals surface area (Å²) in [6.45, 7) is 0. The van der Waals surface area contributed by atoms with Gasteiger partial charge in [0, 0.05) is 10.3 Å². The van der Waals surface area contributed by atoms with Crippen molar-refractivity contribution in [2.24, 2.45) is 0 Å². The van der Waals surface area contributed by atoms with Crippen molar-refractivity contribution in [2.45, 2.75) is 9.92 Å². The number of hydrogen-bond acceptors (Lipinski definition) is 4. The van der Waals surface area contributed by atoms with Crippen LogP contribution in [0.4, 0.5) is 0 Å². The Labute approximate surface area is 112 Å². The molecule has 84 valence electrons. The lowest BCUT2D eigenvalue weighted by molar-refractivity contribution is 1.11. The SMILES string of the molecule is Clc1ccccc1Sc1ncnc2sccc12. The second-order valence-electron chi connectivity index (χ2n) is 3.35. The van der Waals surface area contributed by atoms with E-state index in [1.807, 2.05) is 35.7 Å². The van der Waals surface area contributed by atoms with Gasteiger partial charge in [0.15, 0.2) is 0 Å². The number of thiophene rings is 1. The van der Waals surface area contributed by atoms with Crippen molar-refractivity contribution in [2.75, 3.05) is 0 Å². The molecule has 0 saturated carbocycles. The first kappa shape index (κ1) is 11.0. The van der Waals surface area contributed by atoms with E-state index in [1.54, 1.807) is 29.4 Å². The van der Waals surface area contributed by atoms with E-state index in [0.29, 0.717) is 0 Å². The number of fused-ring (bicyclic) bond motifs is 1. The largest absolute Gasteiger partial charge is 0.229 e. The average Bonchev–Trinajstić information content (AvgIpc) is 2.81. The van der Waals surface area contributed by atoms with Crippen molar-refractivity contribution in [3.8, 4) is 0 Å². The van der Waals surface area contributed by atoms with Crippen LogP contribution >= 0.6 is 34.7 Å². The summed E-state index contributed by atoms with van der Waals surface area (Å²) in [5, 5.41) is 4.81. The standard InChI is InChI=1S/C12H7ClN2S2/c13-9-3-1-2-4-10(9)17-12-8-5-6-16-11(8)14-7-15-12/h1-7H. The maximum Gasteiger partial charge on any atom is 0.127 e. The third kappa shape index (κ3) is 2.16. The third-order valence-electron chi connectivity index (χ3n) is 2.27. The molecule has 2 aromatic heterocycles. The number of halogens is 1. The Hall–Kier alpha value is -1.10. The second-order valence-corrected chi connectivity index (χ2v) is 5.68. The Kier molecular flexibility index (Phi) is 3.01. The fraction of sp³-hybridized carbons (Fsp3) is 0. The van der Waals surface area contributed by atoms with Gasteiger partial charge in [-0.05, 0) is 23.6 Å². The van der Waals surface area contributed by atoms with Crippen molar-refractivity contribution in [1.82, 2.24) is 9.97 Å². The normalized spacial score (nSPS) is 10.9. The lowest BCUT2D eigenvalue weighted by Crippen LogP contribution is -1.83. The van der Waals surface area contributed by atoms with Gasteiger partial charge in [-0.1, -0.05) is 35.5 Å². The van der Waals surface area contributed by atoms with Crippen molar-refractivity contribution in [3.05, 3.63) is 47.1 Å². The van der Waals surface area contributed by atoms with E-state index >= 15 is 0 Å². The molecule has 17 heavy (non-hydrogen) atoms. The summed E-state index contributed by atoms with van der Waals surface area (Å²) in [4.78, 5) is 10.6. The van der Waals surface area contributed by atoms with Crippen LogP contribution in [-0.2, 0) is 0 Å². The van der Waals surface area contributed by atoms with Gasteiger partial charge in [0.25, 0.3) is 0 Å². The summed E-state index contributed by atoms with van der Waals surface area (Å²) in [6.07, 6.45) is 1.60. The molecule has 0 radical (unpaired) electrons. The van der Waals surface area contributed by atoms with E-state index in [9.17, 15) is 0 Å². The average molecular weight is 279 g/mol. The molecule has 0 atom stereocenters. The highest BCUT2D eigenvalue weighted by molar-refractivity contribution is 7.99. The van der Waals surface area contributed by atoms with E-state index in [-0.39, 0.29) is 0 Å². The van der Waals surface area contributed by atoms with Crippen LogP contribution in [0.5, 0.6) is 0 Å². The van der Waals surface area contributed by atoms with E-state index in [0.717, 1.165) is 25.2 Å². The van der Waals surface area contributed by atoms with Gasteiger partial charge < -0.3 is 0 Å². The molecule has 0 unspecified atom stereocenters. The minimum Gasteiger partial charge on any atom is -0.229 e. The lowest BCUT2D eigenvalue weighted by Gasteiger charge is -2.03. The molecule has 0 aliphatic carbocycles. The van der Waals surface area contributed by atoms with Gasteiger partial charge in [-0.2, -0.15) is 0 Å². The first-order valence-electron chi connectivity index (χ1n) is 4.95. The predicted molar refractivity (Wildman–Crippen MR) is 73.0 cm³/mol. The quantitative estimate of drug-likeness (QED) is 0.646. The molecule has 0 fully saturated rings. The second kappa shape index (κ2) is 4.64. The van der Waals surface area contributed by atoms with E-state index in [4.69, 9.17) is 11.6 Å². The molecule has 2 nitrogen and oxygen atoms in total. The molecule has 3 rings (SSSR count). The fourth-order valence-electron chi connectivity index (χ4n) is 1.48. The lowest BCUT2D eigenvalue weighted by atomic mass is 10.4. The summed E-state index contributed by atoms with van der Waals surface area (Å²) in [7, 11) is 0. The summed E-state index contributed by atoms with van der Waals surface area (Å²) in [6, 6.07) is 9.81. The molecular weight excluding hydrogens is 272 g/mol. The van der Waals surface area contributed by atoms with Crippen LogP contribution in [0, 0.1) is 0 Å². The first-order valence-corrected chi connectivity index (χ1v) is 7.02. The number of benzene rings is 1. The van der Waals surface area contributed by atoms with Crippen LogP contribution in [0.1, 0.15) is 0 Å². The van der Waals surface area contributed by atoms with Crippen molar-refractivity contribution in [1.29, 1.82) is 0 Å². The van der Waals surface area contributed by atoms with Gasteiger partial charge in [0.05, 0.1) is 5.02 Å². The fourth-order valence-corrected chi connectivity index (χ4v) is 3.42. The van der Waals surface area contributed by atoms with Crippen LogP contribution in [0.2, 0.25) is 5.02 Å². The van der Waals surface area contributed by atoms with Gasteiger partial charge in [0.1, 0.15) is 16.2 Å². The molecule has 0 spiro atoms. The molecule has 0 N–H and O–H groups in total. The Morgan fingerprint density at radius 2 is 2.00 bits per heavy atom. The molecule has 0 amide bonds. The minimum absolute atomic E-state index is 0.750. The van der Waals surface area contributed by atoms with Crippen molar-refractivity contribution >= 4 is 44.9 Å². The molecule has 0 aliphatic rings. The molecule has 0 bridgehead atoms. The van der Waals surface area contributed by atoms with Crippen molar-refractivity contribution < 1.29 is 0 Å². The zero-order valence-electron chi connectivity index (χ0n) is 8.63. The van der Waals surface area contributed by atoms with Crippen molar-refractivity contribution in [3.63, 3.8) is 0 Å². The summed E-state index contributed by atoms with van der Waals surface area (Å²) in [5.41, 5.74) is 0. The molecular formula is C12H7ClN2S2. The molecule has 1 aromatic carbocycles. The number of hydrogen-bond donors (Lipinski definition) is 0. The maximum atomic E-state index is 6.14. The zero-order valence-corrected chi connectivity index (χ0v) is 11.0. The Bertz CT molecular complexity index is 666. The van der Waals surface area contributed by atoms with Gasteiger partial charge in [-0.3, -0.25) is 0 Å². The Balaban J connectivity index is 2.06.